The van der Waals surface area contributed by atoms with Gasteiger partial charge in [0.25, 0.3) is 5.91 Å². The molecule has 0 radical (unpaired) electrons. The van der Waals surface area contributed by atoms with Crippen LogP contribution in [0.1, 0.15) is 17.5 Å². The number of imide groups is 1. The lowest BCUT2D eigenvalue weighted by Gasteiger charge is -2.17. The molecule has 0 aromatic heterocycles. The van der Waals surface area contributed by atoms with Crippen molar-refractivity contribution in [3.63, 3.8) is 0 Å². The van der Waals surface area contributed by atoms with Crippen molar-refractivity contribution < 1.29 is 9.59 Å². The Morgan fingerprint density at radius 3 is 2.61 bits per heavy atom. The van der Waals surface area contributed by atoms with Gasteiger partial charge < -0.3 is 5.32 Å². The Morgan fingerprint density at radius 1 is 1.13 bits per heavy atom. The Kier molecular flexibility index (Phi) is 4.09. The van der Waals surface area contributed by atoms with E-state index in [1.165, 1.54) is 4.90 Å². The molecule has 1 aliphatic rings. The van der Waals surface area contributed by atoms with Crippen LogP contribution < -0.4 is 10.2 Å². The molecule has 1 fully saturated rings. The second-order valence-corrected chi connectivity index (χ2v) is 6.13. The monoisotopic (exact) mass is 328 g/mol. The zero-order valence-corrected chi connectivity index (χ0v) is 13.7. The van der Waals surface area contributed by atoms with E-state index in [0.29, 0.717) is 10.7 Å². The van der Waals surface area contributed by atoms with Gasteiger partial charge in [0.15, 0.2) is 0 Å². The van der Waals surface area contributed by atoms with Crippen molar-refractivity contribution in [1.29, 1.82) is 0 Å². The second-order valence-electron chi connectivity index (χ2n) is 5.70. The number of carbonyl (C=O) groups excluding carboxylic acids is 2. The van der Waals surface area contributed by atoms with Gasteiger partial charge in [0.2, 0.25) is 5.91 Å². The number of rotatable bonds is 3. The summed E-state index contributed by atoms with van der Waals surface area (Å²) in [6, 6.07) is 12.1. The van der Waals surface area contributed by atoms with Crippen LogP contribution in [0.4, 0.5) is 11.4 Å². The lowest BCUT2D eigenvalue weighted by atomic mass is 10.1. The molecule has 1 atom stereocenters. The topological polar surface area (TPSA) is 49.4 Å². The summed E-state index contributed by atoms with van der Waals surface area (Å²) in [6.45, 7) is 4.01. The Morgan fingerprint density at radius 2 is 1.87 bits per heavy atom. The minimum absolute atomic E-state index is 0.138. The summed E-state index contributed by atoms with van der Waals surface area (Å²) in [5.41, 5.74) is 3.61. The van der Waals surface area contributed by atoms with Crippen LogP contribution >= 0.6 is 11.6 Å². The first-order valence-corrected chi connectivity index (χ1v) is 7.80. The standard InChI is InChI=1S/C18H17ClN2O2/c1-11-5-3-8-15(12(11)2)20-16-10-17(22)21(18(16)23)14-7-4-6-13(19)9-14/h3-9,16,20H,10H2,1-2H3/t16-/m0/s1. The van der Waals surface area contributed by atoms with Gasteiger partial charge in [0, 0.05) is 10.7 Å². The third kappa shape index (κ3) is 2.94. The third-order valence-electron chi connectivity index (χ3n) is 4.15. The maximum atomic E-state index is 12.6. The van der Waals surface area contributed by atoms with Crippen LogP contribution in [0.3, 0.4) is 0 Å². The first kappa shape index (κ1) is 15.6. The lowest BCUT2D eigenvalue weighted by Crippen LogP contribution is -2.34. The van der Waals surface area contributed by atoms with Crippen molar-refractivity contribution in [1.82, 2.24) is 0 Å². The quantitative estimate of drug-likeness (QED) is 0.874. The smallest absolute Gasteiger partial charge is 0.256 e. The molecule has 2 amide bonds. The van der Waals surface area contributed by atoms with Gasteiger partial charge in [-0.05, 0) is 49.2 Å². The normalized spacial score (nSPS) is 17.7. The molecule has 0 unspecified atom stereocenters. The van der Waals surface area contributed by atoms with Crippen LogP contribution in [0.15, 0.2) is 42.5 Å². The number of anilines is 2. The highest BCUT2D eigenvalue weighted by atomic mass is 35.5. The Hall–Kier alpha value is -2.33. The number of aryl methyl sites for hydroxylation is 1. The summed E-state index contributed by atoms with van der Waals surface area (Å²) in [5, 5.41) is 3.69. The average Bonchev–Trinajstić information content (AvgIpc) is 2.78. The van der Waals surface area contributed by atoms with Gasteiger partial charge in [-0.15, -0.1) is 0 Å². The molecule has 0 spiro atoms. The number of benzene rings is 2. The minimum Gasteiger partial charge on any atom is -0.373 e. The van der Waals surface area contributed by atoms with Gasteiger partial charge in [0.05, 0.1) is 12.1 Å². The van der Waals surface area contributed by atoms with Crippen LogP contribution in [0.25, 0.3) is 0 Å². The highest BCUT2D eigenvalue weighted by Gasteiger charge is 2.39. The lowest BCUT2D eigenvalue weighted by molar-refractivity contribution is -0.121. The summed E-state index contributed by atoms with van der Waals surface area (Å²) in [7, 11) is 0. The third-order valence-corrected chi connectivity index (χ3v) is 4.38. The number of nitrogens with zero attached hydrogens (tertiary/aromatic N) is 1. The Labute approximate surface area is 140 Å². The van der Waals surface area contributed by atoms with Crippen molar-refractivity contribution in [2.75, 3.05) is 10.2 Å². The van der Waals surface area contributed by atoms with E-state index in [1.54, 1.807) is 24.3 Å². The molecule has 1 heterocycles. The largest absolute Gasteiger partial charge is 0.373 e. The highest BCUT2D eigenvalue weighted by Crippen LogP contribution is 2.28. The average molecular weight is 329 g/mol. The molecule has 2 aromatic carbocycles. The first-order valence-electron chi connectivity index (χ1n) is 7.42. The van der Waals surface area contributed by atoms with Crippen molar-refractivity contribution in [3.05, 3.63) is 58.6 Å². The number of hydrogen-bond acceptors (Lipinski definition) is 3. The van der Waals surface area contributed by atoms with Gasteiger partial charge >= 0.3 is 0 Å². The van der Waals surface area contributed by atoms with Crippen molar-refractivity contribution in [2.24, 2.45) is 0 Å². The molecule has 1 aliphatic heterocycles. The van der Waals surface area contributed by atoms with Gasteiger partial charge in [-0.1, -0.05) is 29.8 Å². The number of amides is 2. The van der Waals surface area contributed by atoms with E-state index in [2.05, 4.69) is 5.32 Å². The van der Waals surface area contributed by atoms with E-state index in [0.717, 1.165) is 16.8 Å². The second kappa shape index (κ2) is 6.05. The summed E-state index contributed by atoms with van der Waals surface area (Å²) >= 11 is 5.96. The zero-order chi connectivity index (χ0) is 16.6. The molecule has 0 bridgehead atoms. The van der Waals surface area contributed by atoms with Crippen LogP contribution in [0.5, 0.6) is 0 Å². The predicted octanol–water partition coefficient (Wildman–Crippen LogP) is 3.70. The van der Waals surface area contributed by atoms with E-state index in [1.807, 2.05) is 32.0 Å². The summed E-state index contributed by atoms with van der Waals surface area (Å²) < 4.78 is 0. The van der Waals surface area contributed by atoms with E-state index in [-0.39, 0.29) is 18.2 Å². The van der Waals surface area contributed by atoms with Crippen molar-refractivity contribution in [2.45, 2.75) is 26.3 Å². The molecule has 2 aromatic rings. The highest BCUT2D eigenvalue weighted by molar-refractivity contribution is 6.31. The molecule has 4 nitrogen and oxygen atoms in total. The van der Waals surface area contributed by atoms with Crippen LogP contribution in [-0.2, 0) is 9.59 Å². The number of nitrogens with one attached hydrogen (secondary N) is 1. The maximum absolute atomic E-state index is 12.6. The van der Waals surface area contributed by atoms with Crippen molar-refractivity contribution in [3.8, 4) is 0 Å². The van der Waals surface area contributed by atoms with E-state index >= 15 is 0 Å². The molecule has 23 heavy (non-hydrogen) atoms. The molecule has 3 rings (SSSR count). The van der Waals surface area contributed by atoms with Crippen LogP contribution in [-0.4, -0.2) is 17.9 Å². The fraction of sp³-hybridized carbons (Fsp3) is 0.222. The van der Waals surface area contributed by atoms with E-state index in [9.17, 15) is 9.59 Å². The molecular weight excluding hydrogens is 312 g/mol. The molecule has 5 heteroatoms. The molecule has 1 saturated heterocycles. The van der Waals surface area contributed by atoms with Gasteiger partial charge in [-0.2, -0.15) is 0 Å². The van der Waals surface area contributed by atoms with Crippen LogP contribution in [0, 0.1) is 13.8 Å². The van der Waals surface area contributed by atoms with Gasteiger partial charge in [-0.3, -0.25) is 9.59 Å². The number of halogens is 1. The molecular formula is C18H17ClN2O2. The predicted molar refractivity (Wildman–Crippen MR) is 91.9 cm³/mol. The molecule has 0 saturated carbocycles. The van der Waals surface area contributed by atoms with E-state index in [4.69, 9.17) is 11.6 Å². The minimum atomic E-state index is -0.554. The van der Waals surface area contributed by atoms with Crippen LogP contribution in [0.2, 0.25) is 5.02 Å². The maximum Gasteiger partial charge on any atom is 0.256 e. The molecule has 0 aliphatic carbocycles. The molecule has 118 valence electrons. The summed E-state index contributed by atoms with van der Waals surface area (Å²) in [4.78, 5) is 26.1. The summed E-state index contributed by atoms with van der Waals surface area (Å²) in [6.07, 6.45) is 0.138. The first-order chi connectivity index (χ1) is 11.0. The molecule has 1 N–H and O–H groups in total. The zero-order valence-electron chi connectivity index (χ0n) is 13.0. The Balaban J connectivity index is 1.85. The number of hydrogen-bond donors (Lipinski definition) is 1. The fourth-order valence-electron chi connectivity index (χ4n) is 2.73. The summed E-state index contributed by atoms with van der Waals surface area (Å²) in [5.74, 6) is -0.474. The SMILES string of the molecule is Cc1cccc(N[C@H]2CC(=O)N(c3cccc(Cl)c3)C2=O)c1C. The number of carbonyl (C=O) groups is 2. The Bertz CT molecular complexity index is 788. The van der Waals surface area contributed by atoms with Gasteiger partial charge in [0.1, 0.15) is 6.04 Å². The van der Waals surface area contributed by atoms with Crippen molar-refractivity contribution >= 4 is 34.8 Å². The fourth-order valence-corrected chi connectivity index (χ4v) is 2.91. The van der Waals surface area contributed by atoms with Gasteiger partial charge in [-0.25, -0.2) is 4.90 Å². The van der Waals surface area contributed by atoms with E-state index < -0.39 is 6.04 Å².